The number of sulfone groups is 1. The molecule has 1 aromatic rings. The third-order valence-electron chi connectivity index (χ3n) is 1.78. The van der Waals surface area contributed by atoms with Gasteiger partial charge in [0, 0.05) is 17.9 Å². The average Bonchev–Trinajstić information content (AvgIpc) is 2.30. The first-order valence-electron chi connectivity index (χ1n) is 3.86. The molecular formula is C8H13NO3S. The summed E-state index contributed by atoms with van der Waals surface area (Å²) in [5.41, 5.74) is 7.33. The molecule has 0 radical (unpaired) electrons. The first kappa shape index (κ1) is 10.3. The van der Waals surface area contributed by atoms with E-state index in [0.717, 1.165) is 11.1 Å². The summed E-state index contributed by atoms with van der Waals surface area (Å²) in [4.78, 5) is 0. The Balaban J connectivity index is 2.81. The molecule has 1 heterocycles. The summed E-state index contributed by atoms with van der Waals surface area (Å²) < 4.78 is 26.8. The van der Waals surface area contributed by atoms with Crippen LogP contribution in [0.3, 0.4) is 0 Å². The highest BCUT2D eigenvalue weighted by molar-refractivity contribution is 7.90. The molecule has 0 aliphatic heterocycles. The van der Waals surface area contributed by atoms with Gasteiger partial charge in [0.2, 0.25) is 0 Å². The lowest BCUT2D eigenvalue weighted by Crippen LogP contribution is -2.20. The van der Waals surface area contributed by atoms with E-state index < -0.39 is 15.9 Å². The molecule has 1 unspecified atom stereocenters. The zero-order valence-corrected chi connectivity index (χ0v) is 8.47. The van der Waals surface area contributed by atoms with Crippen LogP contribution in [-0.2, 0) is 9.84 Å². The molecule has 0 amide bonds. The lowest BCUT2D eigenvalue weighted by atomic mass is 10.1. The van der Waals surface area contributed by atoms with Crippen molar-refractivity contribution in [2.45, 2.75) is 13.0 Å². The molecule has 2 N–H and O–H groups in total. The molecule has 4 nitrogen and oxygen atoms in total. The van der Waals surface area contributed by atoms with Gasteiger partial charge in [0.25, 0.3) is 0 Å². The van der Waals surface area contributed by atoms with Crippen molar-refractivity contribution in [3.63, 3.8) is 0 Å². The summed E-state index contributed by atoms with van der Waals surface area (Å²) in [7, 11) is -3.03. The molecule has 0 aromatic carbocycles. The molecule has 0 spiro atoms. The number of aryl methyl sites for hydroxylation is 1. The topological polar surface area (TPSA) is 73.3 Å². The van der Waals surface area contributed by atoms with E-state index in [2.05, 4.69) is 0 Å². The van der Waals surface area contributed by atoms with Crippen LogP contribution < -0.4 is 5.73 Å². The van der Waals surface area contributed by atoms with Gasteiger partial charge in [0.15, 0.2) is 0 Å². The van der Waals surface area contributed by atoms with Crippen molar-refractivity contribution < 1.29 is 12.8 Å². The van der Waals surface area contributed by atoms with Crippen molar-refractivity contribution in [2.75, 3.05) is 12.0 Å². The fraction of sp³-hybridized carbons (Fsp3) is 0.500. The molecular weight excluding hydrogens is 190 g/mol. The molecule has 0 aliphatic rings. The van der Waals surface area contributed by atoms with Crippen molar-refractivity contribution in [1.29, 1.82) is 0 Å². The van der Waals surface area contributed by atoms with Crippen LogP contribution in [0.5, 0.6) is 0 Å². The van der Waals surface area contributed by atoms with E-state index in [1.165, 1.54) is 12.5 Å². The summed E-state index contributed by atoms with van der Waals surface area (Å²) in [6.45, 7) is 1.83. The predicted octanol–water partition coefficient (Wildman–Crippen LogP) is 0.632. The quantitative estimate of drug-likeness (QED) is 0.782. The van der Waals surface area contributed by atoms with E-state index in [9.17, 15) is 8.42 Å². The van der Waals surface area contributed by atoms with Gasteiger partial charge in [-0.15, -0.1) is 0 Å². The largest absolute Gasteiger partial charge is 0.472 e. The molecule has 1 atom stereocenters. The van der Waals surface area contributed by atoms with Crippen LogP contribution in [0, 0.1) is 6.92 Å². The minimum atomic E-state index is -3.03. The Morgan fingerprint density at radius 1 is 1.54 bits per heavy atom. The van der Waals surface area contributed by atoms with Gasteiger partial charge in [-0.25, -0.2) is 8.42 Å². The first-order chi connectivity index (χ1) is 5.90. The van der Waals surface area contributed by atoms with Gasteiger partial charge in [-0.1, -0.05) is 0 Å². The maximum Gasteiger partial charge on any atom is 0.149 e. The van der Waals surface area contributed by atoms with Gasteiger partial charge in [0.05, 0.1) is 18.3 Å². The highest BCUT2D eigenvalue weighted by Gasteiger charge is 2.15. The molecule has 0 aliphatic carbocycles. The maximum atomic E-state index is 10.9. The normalized spacial score (nSPS) is 14.4. The molecule has 5 heteroatoms. The molecule has 0 fully saturated rings. The number of hydrogen-bond acceptors (Lipinski definition) is 4. The second kappa shape index (κ2) is 3.51. The Hall–Kier alpha value is -0.810. The lowest BCUT2D eigenvalue weighted by molar-refractivity contribution is 0.558. The maximum absolute atomic E-state index is 10.9. The van der Waals surface area contributed by atoms with E-state index in [0.29, 0.717) is 0 Å². The monoisotopic (exact) mass is 203 g/mol. The minimum absolute atomic E-state index is 0.0482. The number of rotatable bonds is 3. The Morgan fingerprint density at radius 3 is 2.54 bits per heavy atom. The summed E-state index contributed by atoms with van der Waals surface area (Å²) in [5, 5.41) is 0. The van der Waals surface area contributed by atoms with Crippen molar-refractivity contribution >= 4 is 9.84 Å². The van der Waals surface area contributed by atoms with Gasteiger partial charge < -0.3 is 10.2 Å². The summed E-state index contributed by atoms with van der Waals surface area (Å²) >= 11 is 0. The van der Waals surface area contributed by atoms with E-state index in [-0.39, 0.29) is 5.75 Å². The van der Waals surface area contributed by atoms with Crippen molar-refractivity contribution in [2.24, 2.45) is 5.73 Å². The van der Waals surface area contributed by atoms with Gasteiger partial charge in [-0.3, -0.25) is 0 Å². The number of hydrogen-bond donors (Lipinski definition) is 1. The minimum Gasteiger partial charge on any atom is -0.472 e. The summed E-state index contributed by atoms with van der Waals surface area (Å²) in [5.74, 6) is -0.0482. The molecule has 0 saturated carbocycles. The fourth-order valence-corrected chi connectivity index (χ4v) is 2.00. The molecule has 1 aromatic heterocycles. The molecule has 0 saturated heterocycles. The smallest absolute Gasteiger partial charge is 0.149 e. The van der Waals surface area contributed by atoms with Crippen molar-refractivity contribution in [1.82, 2.24) is 0 Å². The van der Waals surface area contributed by atoms with Crippen LogP contribution in [0.15, 0.2) is 16.9 Å². The van der Waals surface area contributed by atoms with E-state index in [1.807, 2.05) is 6.92 Å². The van der Waals surface area contributed by atoms with Crippen molar-refractivity contribution in [3.8, 4) is 0 Å². The van der Waals surface area contributed by atoms with Gasteiger partial charge >= 0.3 is 0 Å². The summed E-state index contributed by atoms with van der Waals surface area (Å²) in [6.07, 6.45) is 4.21. The van der Waals surface area contributed by atoms with Crippen molar-refractivity contribution in [3.05, 3.63) is 23.7 Å². The zero-order valence-electron chi connectivity index (χ0n) is 7.65. The second-order valence-electron chi connectivity index (χ2n) is 3.21. The third kappa shape index (κ3) is 2.86. The number of nitrogens with two attached hydrogens (primary N) is 1. The average molecular weight is 203 g/mol. The van der Waals surface area contributed by atoms with Gasteiger partial charge in [-0.2, -0.15) is 0 Å². The highest BCUT2D eigenvalue weighted by atomic mass is 32.2. The highest BCUT2D eigenvalue weighted by Crippen LogP contribution is 2.17. The SMILES string of the molecule is Cc1cocc1C(N)CS(C)(=O)=O. The molecule has 1 rings (SSSR count). The molecule has 0 bridgehead atoms. The van der Waals surface area contributed by atoms with Gasteiger partial charge in [-0.05, 0) is 12.5 Å². The fourth-order valence-electron chi connectivity index (χ4n) is 1.17. The van der Waals surface area contributed by atoms with Crippen LogP contribution in [0.4, 0.5) is 0 Å². The van der Waals surface area contributed by atoms with Crippen LogP contribution in [0.25, 0.3) is 0 Å². The van der Waals surface area contributed by atoms with E-state index >= 15 is 0 Å². The van der Waals surface area contributed by atoms with E-state index in [4.69, 9.17) is 10.2 Å². The Bertz CT molecular complexity index is 380. The Kier molecular flexibility index (Phi) is 2.77. The van der Waals surface area contributed by atoms with Crippen LogP contribution in [0.2, 0.25) is 0 Å². The van der Waals surface area contributed by atoms with Crippen LogP contribution >= 0.6 is 0 Å². The standard InChI is InChI=1S/C8H13NO3S/c1-6-3-12-4-7(6)8(9)5-13(2,10)11/h3-4,8H,5,9H2,1-2H3. The zero-order chi connectivity index (χ0) is 10.1. The third-order valence-corrected chi connectivity index (χ3v) is 2.74. The Morgan fingerprint density at radius 2 is 2.15 bits per heavy atom. The Labute approximate surface area is 77.7 Å². The summed E-state index contributed by atoms with van der Waals surface area (Å²) in [6, 6.07) is -0.492. The first-order valence-corrected chi connectivity index (χ1v) is 5.92. The predicted molar refractivity (Wildman–Crippen MR) is 50.1 cm³/mol. The lowest BCUT2D eigenvalue weighted by Gasteiger charge is -2.08. The number of furan rings is 1. The second-order valence-corrected chi connectivity index (χ2v) is 5.39. The van der Waals surface area contributed by atoms with Crippen LogP contribution in [0.1, 0.15) is 17.2 Å². The molecule has 74 valence electrons. The van der Waals surface area contributed by atoms with Gasteiger partial charge in [0.1, 0.15) is 9.84 Å². The molecule has 13 heavy (non-hydrogen) atoms. The van der Waals surface area contributed by atoms with Crippen LogP contribution in [-0.4, -0.2) is 20.4 Å². The van der Waals surface area contributed by atoms with E-state index in [1.54, 1.807) is 6.26 Å².